The summed E-state index contributed by atoms with van der Waals surface area (Å²) in [4.78, 5) is 14.6. The molecule has 0 spiro atoms. The van der Waals surface area contributed by atoms with Crippen LogP contribution in [0.25, 0.3) is 11.1 Å². The third-order valence-corrected chi connectivity index (χ3v) is 2.92. The van der Waals surface area contributed by atoms with Crippen molar-refractivity contribution in [3.05, 3.63) is 46.7 Å². The van der Waals surface area contributed by atoms with Gasteiger partial charge in [-0.2, -0.15) is 0 Å². The van der Waals surface area contributed by atoms with Crippen molar-refractivity contribution in [3.8, 4) is 0 Å². The molecule has 15 heavy (non-hydrogen) atoms. The van der Waals surface area contributed by atoms with Crippen molar-refractivity contribution in [2.75, 3.05) is 0 Å². The Morgan fingerprint density at radius 2 is 2.33 bits per heavy atom. The van der Waals surface area contributed by atoms with E-state index in [0.29, 0.717) is 0 Å². The molecule has 1 aliphatic carbocycles. The van der Waals surface area contributed by atoms with E-state index in [1.54, 1.807) is 10.6 Å². The minimum Gasteiger partial charge on any atom is -0.307 e. The summed E-state index contributed by atoms with van der Waals surface area (Å²) in [6, 6.07) is 5.88. The summed E-state index contributed by atoms with van der Waals surface area (Å²) in [6.45, 7) is 0. The van der Waals surface area contributed by atoms with Crippen molar-refractivity contribution in [1.29, 1.82) is 0 Å². The molecule has 0 amide bonds. The van der Waals surface area contributed by atoms with Crippen LogP contribution in [0, 0.1) is 0 Å². The molecule has 0 atom stereocenters. The Morgan fingerprint density at radius 3 is 3.13 bits per heavy atom. The molecule has 0 aliphatic heterocycles. The first-order chi connectivity index (χ1) is 7.34. The van der Waals surface area contributed by atoms with E-state index in [9.17, 15) is 4.79 Å². The highest BCUT2D eigenvalue weighted by Crippen LogP contribution is 2.25. The van der Waals surface area contributed by atoms with E-state index in [0.717, 1.165) is 24.1 Å². The van der Waals surface area contributed by atoms with Gasteiger partial charge < -0.3 is 4.98 Å². The van der Waals surface area contributed by atoms with Crippen LogP contribution >= 0.6 is 0 Å². The molecule has 0 saturated heterocycles. The van der Waals surface area contributed by atoms with E-state index in [2.05, 4.69) is 11.1 Å². The molecule has 76 valence electrons. The summed E-state index contributed by atoms with van der Waals surface area (Å²) in [7, 11) is 0. The molecule has 2 aromatic rings. The molecule has 1 aliphatic rings. The first-order valence-electron chi connectivity index (χ1n) is 5.24. The first-order valence-corrected chi connectivity index (χ1v) is 5.24. The van der Waals surface area contributed by atoms with Crippen LogP contribution in [0.15, 0.2) is 35.3 Å². The predicted octanol–water partition coefficient (Wildman–Crippen LogP) is 2.19. The smallest absolute Gasteiger partial charge is 0.307 e. The van der Waals surface area contributed by atoms with E-state index in [1.807, 2.05) is 18.2 Å². The zero-order valence-corrected chi connectivity index (χ0v) is 8.36. The van der Waals surface area contributed by atoms with Gasteiger partial charge in [0.1, 0.15) is 0 Å². The summed E-state index contributed by atoms with van der Waals surface area (Å²) in [5.41, 5.74) is 3.15. The van der Waals surface area contributed by atoms with Crippen LogP contribution in [0.2, 0.25) is 0 Å². The number of hydrogen-bond acceptors (Lipinski definition) is 1. The Balaban J connectivity index is 2.24. The van der Waals surface area contributed by atoms with Gasteiger partial charge in [-0.25, -0.2) is 4.79 Å². The summed E-state index contributed by atoms with van der Waals surface area (Å²) in [5.74, 6) is 0. The maximum absolute atomic E-state index is 11.7. The van der Waals surface area contributed by atoms with Crippen LogP contribution < -0.4 is 5.69 Å². The lowest BCUT2D eigenvalue weighted by molar-refractivity contribution is 0.927. The van der Waals surface area contributed by atoms with Gasteiger partial charge in [-0.15, -0.1) is 0 Å². The van der Waals surface area contributed by atoms with Gasteiger partial charge in [0.15, 0.2) is 0 Å². The summed E-state index contributed by atoms with van der Waals surface area (Å²) >= 11 is 0. The molecule has 0 aromatic carbocycles. The number of aromatic amines is 1. The van der Waals surface area contributed by atoms with Gasteiger partial charge in [-0.1, -0.05) is 6.08 Å². The highest BCUT2D eigenvalue weighted by Gasteiger charge is 2.09. The second-order valence-electron chi connectivity index (χ2n) is 3.91. The first kappa shape index (κ1) is 8.53. The topological polar surface area (TPSA) is 37.3 Å². The van der Waals surface area contributed by atoms with Gasteiger partial charge >= 0.3 is 5.69 Å². The lowest BCUT2D eigenvalue weighted by Gasteiger charge is -2.03. The highest BCUT2D eigenvalue weighted by molar-refractivity contribution is 5.67. The Morgan fingerprint density at radius 1 is 1.40 bits per heavy atom. The number of allylic oxidation sites excluding steroid dienone is 2. The average Bonchev–Trinajstić information content (AvgIpc) is 2.88. The van der Waals surface area contributed by atoms with Crippen LogP contribution in [0.5, 0.6) is 0 Å². The van der Waals surface area contributed by atoms with Gasteiger partial charge in [0.05, 0.1) is 5.52 Å². The number of nitrogens with zero attached hydrogens (tertiary/aromatic N) is 1. The third-order valence-electron chi connectivity index (χ3n) is 2.92. The van der Waals surface area contributed by atoms with Crippen LogP contribution in [0.1, 0.15) is 25.0 Å². The molecule has 2 heterocycles. The second kappa shape index (κ2) is 3.12. The number of H-pyrrole nitrogens is 1. The molecular weight excluding hydrogens is 188 g/mol. The molecular formula is C12H12N2O. The maximum atomic E-state index is 11.7. The molecule has 0 fully saturated rings. The predicted molar refractivity (Wildman–Crippen MR) is 59.8 cm³/mol. The lowest BCUT2D eigenvalue weighted by Crippen LogP contribution is -2.16. The Kier molecular flexibility index (Phi) is 1.78. The highest BCUT2D eigenvalue weighted by atomic mass is 16.1. The van der Waals surface area contributed by atoms with Gasteiger partial charge in [0, 0.05) is 11.9 Å². The van der Waals surface area contributed by atoms with E-state index >= 15 is 0 Å². The Labute approximate surface area is 87.1 Å². The number of hydrogen-bond donors (Lipinski definition) is 1. The number of nitrogens with one attached hydrogen (secondary N) is 1. The van der Waals surface area contributed by atoms with Crippen molar-refractivity contribution in [2.45, 2.75) is 19.3 Å². The minimum atomic E-state index is -0.0553. The molecule has 3 nitrogen and oxygen atoms in total. The Bertz CT molecular complexity index is 589. The van der Waals surface area contributed by atoms with Gasteiger partial charge in [0.25, 0.3) is 0 Å². The van der Waals surface area contributed by atoms with Crippen LogP contribution in [-0.2, 0) is 0 Å². The summed E-state index contributed by atoms with van der Waals surface area (Å²) in [5, 5.41) is 0. The van der Waals surface area contributed by atoms with Gasteiger partial charge in [-0.3, -0.25) is 4.40 Å². The standard InChI is InChI=1S/C12H12N2O/c15-12-13-11(9-4-1-2-5-9)8-10-6-3-7-14(10)12/h3-4,6-8H,1-2,5H2,(H,13,15). The normalized spacial score (nSPS) is 15.9. The van der Waals surface area contributed by atoms with Crippen molar-refractivity contribution in [2.24, 2.45) is 0 Å². The molecule has 0 bridgehead atoms. The summed E-state index contributed by atoms with van der Waals surface area (Å²) in [6.07, 6.45) is 7.39. The van der Waals surface area contributed by atoms with Crippen molar-refractivity contribution in [3.63, 3.8) is 0 Å². The summed E-state index contributed by atoms with van der Waals surface area (Å²) < 4.78 is 1.62. The molecule has 0 unspecified atom stereocenters. The fourth-order valence-corrected chi connectivity index (χ4v) is 2.14. The fraction of sp³-hybridized carbons (Fsp3) is 0.250. The molecule has 1 N–H and O–H groups in total. The van der Waals surface area contributed by atoms with Crippen molar-refractivity contribution in [1.82, 2.24) is 9.38 Å². The van der Waals surface area contributed by atoms with Crippen LogP contribution in [0.3, 0.4) is 0 Å². The zero-order valence-electron chi connectivity index (χ0n) is 8.36. The number of fused-ring (bicyclic) bond motifs is 1. The molecule has 0 saturated carbocycles. The average molecular weight is 200 g/mol. The number of rotatable bonds is 1. The van der Waals surface area contributed by atoms with Gasteiger partial charge in [-0.05, 0) is 43.0 Å². The van der Waals surface area contributed by atoms with Crippen LogP contribution in [0.4, 0.5) is 0 Å². The quantitative estimate of drug-likeness (QED) is 0.752. The Hall–Kier alpha value is -1.77. The lowest BCUT2D eigenvalue weighted by atomic mass is 10.1. The van der Waals surface area contributed by atoms with E-state index < -0.39 is 0 Å². The number of aromatic nitrogens is 2. The molecule has 3 heteroatoms. The molecule has 2 aromatic heterocycles. The zero-order chi connectivity index (χ0) is 10.3. The van der Waals surface area contributed by atoms with Crippen LogP contribution in [-0.4, -0.2) is 9.38 Å². The molecule has 0 radical (unpaired) electrons. The largest absolute Gasteiger partial charge is 0.330 e. The molecule has 3 rings (SSSR count). The minimum absolute atomic E-state index is 0.0553. The third kappa shape index (κ3) is 1.31. The van der Waals surface area contributed by atoms with Gasteiger partial charge in [0.2, 0.25) is 0 Å². The van der Waals surface area contributed by atoms with E-state index in [4.69, 9.17) is 0 Å². The monoisotopic (exact) mass is 200 g/mol. The van der Waals surface area contributed by atoms with E-state index in [1.165, 1.54) is 12.0 Å². The van der Waals surface area contributed by atoms with Crippen molar-refractivity contribution < 1.29 is 0 Å². The second-order valence-corrected chi connectivity index (χ2v) is 3.91. The maximum Gasteiger partial charge on any atom is 0.330 e. The fourth-order valence-electron chi connectivity index (χ4n) is 2.14. The van der Waals surface area contributed by atoms with Crippen molar-refractivity contribution >= 4 is 11.1 Å². The SMILES string of the molecule is O=c1[nH]c(C2=CCCC2)cc2cccn12. The van der Waals surface area contributed by atoms with E-state index in [-0.39, 0.29) is 5.69 Å².